The fourth-order valence-corrected chi connectivity index (χ4v) is 2.38. The van der Waals surface area contributed by atoms with Crippen molar-refractivity contribution in [2.24, 2.45) is 0 Å². The van der Waals surface area contributed by atoms with Crippen LogP contribution in [0.3, 0.4) is 0 Å². The summed E-state index contributed by atoms with van der Waals surface area (Å²) in [7, 11) is 0. The third-order valence-electron chi connectivity index (χ3n) is 2.95. The van der Waals surface area contributed by atoms with Crippen molar-refractivity contribution in [1.29, 1.82) is 0 Å². The summed E-state index contributed by atoms with van der Waals surface area (Å²) >= 11 is 11.9. The molecule has 0 aliphatic heterocycles. The predicted molar refractivity (Wildman–Crippen MR) is 76.2 cm³/mol. The third-order valence-corrected chi connectivity index (χ3v) is 3.55. The molecule has 2 aromatic carbocycles. The van der Waals surface area contributed by atoms with Crippen molar-refractivity contribution < 1.29 is 13.9 Å². The van der Waals surface area contributed by atoms with Gasteiger partial charge < -0.3 is 5.11 Å². The number of aliphatic hydroxyl groups is 1. The minimum Gasteiger partial charge on any atom is -0.392 e. The first-order chi connectivity index (χ1) is 9.47. The number of hydrogen-bond acceptors (Lipinski definition) is 1. The van der Waals surface area contributed by atoms with Crippen LogP contribution in [0.2, 0.25) is 10.0 Å². The van der Waals surface area contributed by atoms with Gasteiger partial charge in [-0.3, -0.25) is 0 Å². The second-order valence-electron chi connectivity index (χ2n) is 4.51. The smallest absolute Gasteiger partial charge is 0.162 e. The van der Waals surface area contributed by atoms with Crippen LogP contribution in [0.15, 0.2) is 36.4 Å². The largest absolute Gasteiger partial charge is 0.392 e. The molecule has 0 saturated heterocycles. The summed E-state index contributed by atoms with van der Waals surface area (Å²) in [4.78, 5) is 0. The Morgan fingerprint density at radius 2 is 1.70 bits per heavy atom. The maximum Gasteiger partial charge on any atom is 0.162 e. The van der Waals surface area contributed by atoms with Crippen LogP contribution in [0.5, 0.6) is 0 Å². The molecule has 0 heterocycles. The minimum absolute atomic E-state index is 0.00638. The van der Waals surface area contributed by atoms with Crippen LogP contribution in [0.25, 0.3) is 0 Å². The predicted octanol–water partition coefficient (Wildman–Crippen LogP) is 4.42. The van der Waals surface area contributed by atoms with Crippen LogP contribution in [-0.2, 0) is 12.8 Å². The summed E-state index contributed by atoms with van der Waals surface area (Å²) in [6.45, 7) is 0. The average Bonchev–Trinajstić information content (AvgIpc) is 2.39. The van der Waals surface area contributed by atoms with Crippen molar-refractivity contribution in [1.82, 2.24) is 0 Å². The molecule has 2 rings (SSSR count). The molecule has 1 unspecified atom stereocenters. The molecule has 5 heteroatoms. The fraction of sp³-hybridized carbons (Fsp3) is 0.200. The first-order valence-electron chi connectivity index (χ1n) is 6.02. The lowest BCUT2D eigenvalue weighted by atomic mass is 10.0. The van der Waals surface area contributed by atoms with Gasteiger partial charge in [-0.05, 0) is 35.4 Å². The Morgan fingerprint density at radius 1 is 1.00 bits per heavy atom. The Labute approximate surface area is 125 Å². The number of aliphatic hydroxyl groups excluding tert-OH is 1. The van der Waals surface area contributed by atoms with Gasteiger partial charge in [-0.25, -0.2) is 8.78 Å². The van der Waals surface area contributed by atoms with Gasteiger partial charge in [-0.2, -0.15) is 0 Å². The second kappa shape index (κ2) is 6.53. The Hall–Kier alpha value is -1.16. The van der Waals surface area contributed by atoms with Crippen LogP contribution >= 0.6 is 23.2 Å². The van der Waals surface area contributed by atoms with Crippen LogP contribution in [-0.4, -0.2) is 11.2 Å². The van der Waals surface area contributed by atoms with E-state index in [-0.39, 0.29) is 18.4 Å². The van der Waals surface area contributed by atoms with Crippen LogP contribution in [0.1, 0.15) is 11.1 Å². The van der Waals surface area contributed by atoms with Gasteiger partial charge in [0.15, 0.2) is 11.6 Å². The molecular formula is C15H12Cl2F2O. The highest BCUT2D eigenvalue weighted by Crippen LogP contribution is 2.23. The van der Waals surface area contributed by atoms with Gasteiger partial charge in [-0.15, -0.1) is 0 Å². The summed E-state index contributed by atoms with van der Waals surface area (Å²) in [5.74, 6) is -1.85. The number of rotatable bonds is 4. The van der Waals surface area contributed by atoms with E-state index in [0.29, 0.717) is 15.6 Å². The fourth-order valence-electron chi connectivity index (χ4n) is 1.99. The minimum atomic E-state index is -0.927. The summed E-state index contributed by atoms with van der Waals surface area (Å²) in [6.07, 6.45) is -0.649. The van der Waals surface area contributed by atoms with Crippen molar-refractivity contribution in [2.45, 2.75) is 18.9 Å². The zero-order valence-corrected chi connectivity index (χ0v) is 11.9. The maximum atomic E-state index is 13.5. The molecule has 2 aromatic rings. The number of benzene rings is 2. The molecule has 1 atom stereocenters. The second-order valence-corrected chi connectivity index (χ2v) is 5.35. The highest BCUT2D eigenvalue weighted by atomic mass is 35.5. The molecule has 0 aromatic heterocycles. The van der Waals surface area contributed by atoms with E-state index in [1.807, 2.05) is 0 Å². The molecular weight excluding hydrogens is 305 g/mol. The van der Waals surface area contributed by atoms with Crippen molar-refractivity contribution in [3.63, 3.8) is 0 Å². The van der Waals surface area contributed by atoms with Crippen LogP contribution in [0.4, 0.5) is 8.78 Å². The van der Waals surface area contributed by atoms with Gasteiger partial charge in [0.25, 0.3) is 0 Å². The van der Waals surface area contributed by atoms with Crippen molar-refractivity contribution in [3.8, 4) is 0 Å². The normalized spacial score (nSPS) is 12.4. The van der Waals surface area contributed by atoms with E-state index in [1.165, 1.54) is 12.1 Å². The molecule has 0 spiro atoms. The molecule has 0 saturated carbocycles. The zero-order chi connectivity index (χ0) is 14.7. The van der Waals surface area contributed by atoms with E-state index in [0.717, 1.165) is 6.07 Å². The van der Waals surface area contributed by atoms with E-state index < -0.39 is 17.7 Å². The summed E-state index contributed by atoms with van der Waals surface area (Å²) in [5, 5.41) is 11.0. The van der Waals surface area contributed by atoms with Crippen LogP contribution < -0.4 is 0 Å². The van der Waals surface area contributed by atoms with Gasteiger partial charge in [0.1, 0.15) is 0 Å². The Bertz CT molecular complexity index is 613. The first kappa shape index (κ1) is 15.2. The molecule has 0 fully saturated rings. The van der Waals surface area contributed by atoms with E-state index in [4.69, 9.17) is 23.2 Å². The molecule has 0 amide bonds. The molecule has 106 valence electrons. The van der Waals surface area contributed by atoms with Crippen molar-refractivity contribution >= 4 is 23.2 Å². The van der Waals surface area contributed by atoms with E-state index in [9.17, 15) is 13.9 Å². The topological polar surface area (TPSA) is 20.2 Å². The Morgan fingerprint density at radius 3 is 2.45 bits per heavy atom. The highest BCUT2D eigenvalue weighted by Gasteiger charge is 2.14. The molecule has 0 aliphatic rings. The standard InChI is InChI=1S/C15H12Cl2F2O/c16-11-4-5-13(17)10(6-11)8-12(20)7-9-2-1-3-14(18)15(9)19/h1-6,12,20H,7-8H2. The lowest BCUT2D eigenvalue weighted by Crippen LogP contribution is -2.15. The SMILES string of the molecule is OC(Cc1cc(Cl)ccc1Cl)Cc1cccc(F)c1F. The highest BCUT2D eigenvalue weighted by molar-refractivity contribution is 6.33. The van der Waals surface area contributed by atoms with Crippen molar-refractivity contribution in [3.05, 3.63) is 69.2 Å². The number of halogens is 4. The lowest BCUT2D eigenvalue weighted by Gasteiger charge is -2.13. The van der Waals surface area contributed by atoms with Gasteiger partial charge in [0, 0.05) is 22.9 Å². The molecule has 20 heavy (non-hydrogen) atoms. The molecule has 0 radical (unpaired) electrons. The Kier molecular flexibility index (Phi) is 4.97. The average molecular weight is 317 g/mol. The first-order valence-corrected chi connectivity index (χ1v) is 6.78. The monoisotopic (exact) mass is 316 g/mol. The lowest BCUT2D eigenvalue weighted by molar-refractivity contribution is 0.174. The summed E-state index contributed by atoms with van der Waals surface area (Å²) < 4.78 is 26.6. The van der Waals surface area contributed by atoms with Crippen LogP contribution in [0, 0.1) is 11.6 Å². The van der Waals surface area contributed by atoms with E-state index in [1.54, 1.807) is 18.2 Å². The van der Waals surface area contributed by atoms with Gasteiger partial charge >= 0.3 is 0 Å². The number of hydrogen-bond donors (Lipinski definition) is 1. The van der Waals surface area contributed by atoms with Crippen molar-refractivity contribution in [2.75, 3.05) is 0 Å². The molecule has 1 nitrogen and oxygen atoms in total. The molecule has 0 bridgehead atoms. The maximum absolute atomic E-state index is 13.5. The molecule has 0 aliphatic carbocycles. The van der Waals surface area contributed by atoms with Gasteiger partial charge in [0.05, 0.1) is 6.10 Å². The third kappa shape index (κ3) is 3.69. The van der Waals surface area contributed by atoms with E-state index in [2.05, 4.69) is 0 Å². The van der Waals surface area contributed by atoms with Gasteiger partial charge in [-0.1, -0.05) is 35.3 Å². The zero-order valence-electron chi connectivity index (χ0n) is 10.4. The summed E-state index contributed by atoms with van der Waals surface area (Å²) in [5.41, 5.74) is 0.805. The molecule has 1 N–H and O–H groups in total. The summed E-state index contributed by atoms with van der Waals surface area (Å²) in [6, 6.07) is 8.82. The Balaban J connectivity index is 2.11. The van der Waals surface area contributed by atoms with Gasteiger partial charge in [0.2, 0.25) is 0 Å². The quantitative estimate of drug-likeness (QED) is 0.885. The van der Waals surface area contributed by atoms with E-state index >= 15 is 0 Å².